The lowest BCUT2D eigenvalue weighted by Crippen LogP contribution is -2.38. The zero-order valence-electron chi connectivity index (χ0n) is 17.7. The van der Waals surface area contributed by atoms with Gasteiger partial charge in [-0.3, -0.25) is 14.5 Å². The number of aromatic carboxylic acids is 1. The van der Waals surface area contributed by atoms with E-state index in [0.29, 0.717) is 16.9 Å². The summed E-state index contributed by atoms with van der Waals surface area (Å²) in [5.74, 6) is -1.70. The van der Waals surface area contributed by atoms with E-state index in [2.05, 4.69) is 5.32 Å². The van der Waals surface area contributed by atoms with Crippen molar-refractivity contribution in [1.29, 1.82) is 0 Å². The first-order chi connectivity index (χ1) is 14.7. The van der Waals surface area contributed by atoms with Crippen molar-refractivity contribution >= 4 is 29.2 Å². The average Bonchev–Trinajstić information content (AvgIpc) is 2.74. The Bertz CT molecular complexity index is 1140. The van der Waals surface area contributed by atoms with Gasteiger partial charge in [-0.05, 0) is 80.4 Å². The Kier molecular flexibility index (Phi) is 6.50. The highest BCUT2D eigenvalue weighted by atomic mass is 16.4. The van der Waals surface area contributed by atoms with E-state index in [4.69, 9.17) is 5.11 Å². The van der Waals surface area contributed by atoms with Gasteiger partial charge in [0.2, 0.25) is 5.91 Å². The van der Waals surface area contributed by atoms with Crippen LogP contribution in [0.4, 0.5) is 11.4 Å². The van der Waals surface area contributed by atoms with Crippen LogP contribution in [0.1, 0.15) is 37.4 Å². The van der Waals surface area contributed by atoms with Gasteiger partial charge in [0.15, 0.2) is 0 Å². The minimum atomic E-state index is -1.04. The van der Waals surface area contributed by atoms with Crippen molar-refractivity contribution in [2.45, 2.75) is 20.8 Å². The molecule has 3 aromatic rings. The number of aryl methyl sites for hydroxylation is 3. The van der Waals surface area contributed by atoms with Gasteiger partial charge in [-0.15, -0.1) is 0 Å². The first-order valence-electron chi connectivity index (χ1n) is 9.83. The van der Waals surface area contributed by atoms with Crippen molar-refractivity contribution in [3.05, 3.63) is 94.5 Å². The lowest BCUT2D eigenvalue weighted by Gasteiger charge is -2.23. The number of nitrogens with one attached hydrogen (secondary N) is 1. The number of carbonyl (C=O) groups excluding carboxylic acids is 2. The third-order valence-electron chi connectivity index (χ3n) is 5.03. The molecule has 0 aliphatic heterocycles. The zero-order chi connectivity index (χ0) is 22.5. The van der Waals surface area contributed by atoms with Gasteiger partial charge in [0.1, 0.15) is 6.54 Å². The van der Waals surface area contributed by atoms with Crippen LogP contribution in [0.15, 0.2) is 66.7 Å². The fourth-order valence-corrected chi connectivity index (χ4v) is 3.15. The van der Waals surface area contributed by atoms with Crippen LogP contribution in [0.2, 0.25) is 0 Å². The van der Waals surface area contributed by atoms with Crippen LogP contribution < -0.4 is 10.2 Å². The first kappa shape index (κ1) is 21.8. The van der Waals surface area contributed by atoms with Crippen LogP contribution in [0.3, 0.4) is 0 Å². The van der Waals surface area contributed by atoms with Gasteiger partial charge >= 0.3 is 5.97 Å². The molecule has 0 radical (unpaired) electrons. The Morgan fingerprint density at radius 3 is 2.16 bits per heavy atom. The number of rotatable bonds is 6. The van der Waals surface area contributed by atoms with Crippen LogP contribution >= 0.6 is 0 Å². The maximum absolute atomic E-state index is 13.3. The number of carbonyl (C=O) groups is 3. The second kappa shape index (κ2) is 9.26. The summed E-state index contributed by atoms with van der Waals surface area (Å²) >= 11 is 0. The molecule has 6 nitrogen and oxygen atoms in total. The third-order valence-corrected chi connectivity index (χ3v) is 5.03. The number of benzene rings is 3. The van der Waals surface area contributed by atoms with E-state index in [9.17, 15) is 14.4 Å². The summed E-state index contributed by atoms with van der Waals surface area (Å²) in [4.78, 5) is 38.5. The van der Waals surface area contributed by atoms with Crippen molar-refractivity contribution in [2.75, 3.05) is 16.8 Å². The fourth-order valence-electron chi connectivity index (χ4n) is 3.15. The molecule has 158 valence electrons. The molecule has 2 N–H and O–H groups in total. The van der Waals surface area contributed by atoms with E-state index in [1.165, 1.54) is 29.2 Å². The number of hydrogen-bond acceptors (Lipinski definition) is 3. The molecule has 0 heterocycles. The van der Waals surface area contributed by atoms with Crippen LogP contribution in [0, 0.1) is 20.8 Å². The number of carboxylic acid groups (broad SMARTS) is 1. The summed E-state index contributed by atoms with van der Waals surface area (Å²) in [6.07, 6.45) is 0. The van der Waals surface area contributed by atoms with Gasteiger partial charge < -0.3 is 10.4 Å². The molecular weight excluding hydrogens is 392 g/mol. The lowest BCUT2D eigenvalue weighted by molar-refractivity contribution is -0.114. The van der Waals surface area contributed by atoms with Gasteiger partial charge in [0, 0.05) is 16.9 Å². The van der Waals surface area contributed by atoms with Crippen LogP contribution in [0.5, 0.6) is 0 Å². The van der Waals surface area contributed by atoms with E-state index >= 15 is 0 Å². The van der Waals surface area contributed by atoms with Crippen molar-refractivity contribution < 1.29 is 19.5 Å². The molecular formula is C25H24N2O4. The van der Waals surface area contributed by atoms with Crippen LogP contribution in [-0.4, -0.2) is 29.4 Å². The number of hydrogen-bond donors (Lipinski definition) is 2. The Labute approximate surface area is 181 Å². The molecule has 0 bridgehead atoms. The predicted octanol–water partition coefficient (Wildman–Crippen LogP) is 4.60. The molecule has 6 heteroatoms. The maximum atomic E-state index is 13.3. The minimum Gasteiger partial charge on any atom is -0.478 e. The molecule has 0 spiro atoms. The van der Waals surface area contributed by atoms with Gasteiger partial charge in [0.25, 0.3) is 5.91 Å². The largest absolute Gasteiger partial charge is 0.478 e. The van der Waals surface area contributed by atoms with Gasteiger partial charge in [-0.1, -0.05) is 23.8 Å². The highest BCUT2D eigenvalue weighted by molar-refractivity contribution is 6.10. The summed E-state index contributed by atoms with van der Waals surface area (Å²) < 4.78 is 0. The fraction of sp³-hybridized carbons (Fsp3) is 0.160. The van der Waals surface area contributed by atoms with Gasteiger partial charge in [-0.2, -0.15) is 0 Å². The first-order valence-corrected chi connectivity index (χ1v) is 9.83. The molecule has 0 saturated heterocycles. The summed E-state index contributed by atoms with van der Waals surface area (Å²) in [5.41, 5.74) is 4.78. The van der Waals surface area contributed by atoms with Gasteiger partial charge in [-0.25, -0.2) is 4.79 Å². The SMILES string of the molecule is Cc1cccc(C(=O)N(CC(=O)Nc2ccc(C(=O)O)cc2)c2ccc(C)c(C)c2)c1. The highest BCUT2D eigenvalue weighted by Crippen LogP contribution is 2.22. The second-order valence-electron chi connectivity index (χ2n) is 7.46. The Morgan fingerprint density at radius 2 is 1.55 bits per heavy atom. The molecule has 0 saturated carbocycles. The van der Waals surface area contributed by atoms with Crippen molar-refractivity contribution in [2.24, 2.45) is 0 Å². The van der Waals surface area contributed by atoms with Crippen molar-refractivity contribution in [3.63, 3.8) is 0 Å². The number of carboxylic acids is 1. The Balaban J connectivity index is 1.86. The number of nitrogens with zero attached hydrogens (tertiary/aromatic N) is 1. The highest BCUT2D eigenvalue weighted by Gasteiger charge is 2.21. The smallest absolute Gasteiger partial charge is 0.335 e. The van der Waals surface area contributed by atoms with Crippen LogP contribution in [-0.2, 0) is 4.79 Å². The summed E-state index contributed by atoms with van der Waals surface area (Å²) in [6, 6.07) is 18.7. The van der Waals surface area contributed by atoms with E-state index in [-0.39, 0.29) is 23.9 Å². The maximum Gasteiger partial charge on any atom is 0.335 e. The monoisotopic (exact) mass is 416 g/mol. The zero-order valence-corrected chi connectivity index (χ0v) is 17.7. The van der Waals surface area contributed by atoms with E-state index in [0.717, 1.165) is 16.7 Å². The summed E-state index contributed by atoms with van der Waals surface area (Å²) in [5, 5.41) is 11.7. The number of anilines is 2. The van der Waals surface area contributed by atoms with E-state index in [1.807, 2.05) is 51.1 Å². The lowest BCUT2D eigenvalue weighted by atomic mass is 10.1. The van der Waals surface area contributed by atoms with Crippen LogP contribution in [0.25, 0.3) is 0 Å². The normalized spacial score (nSPS) is 10.4. The van der Waals surface area contributed by atoms with Crippen molar-refractivity contribution in [3.8, 4) is 0 Å². The molecule has 0 fully saturated rings. The molecule has 0 unspecified atom stereocenters. The van der Waals surface area contributed by atoms with Crippen molar-refractivity contribution in [1.82, 2.24) is 0 Å². The quantitative estimate of drug-likeness (QED) is 0.615. The standard InChI is InChI=1S/C25H24N2O4/c1-16-5-4-6-20(13-16)24(29)27(22-12-7-17(2)18(3)14-22)15-23(28)26-21-10-8-19(9-11-21)25(30)31/h4-14H,15H2,1-3H3,(H,26,28)(H,30,31). The average molecular weight is 416 g/mol. The van der Waals surface area contributed by atoms with E-state index < -0.39 is 5.97 Å². The molecule has 0 atom stereocenters. The van der Waals surface area contributed by atoms with Gasteiger partial charge in [0.05, 0.1) is 5.56 Å². The molecule has 31 heavy (non-hydrogen) atoms. The topological polar surface area (TPSA) is 86.7 Å². The Hall–Kier alpha value is -3.93. The third kappa shape index (κ3) is 5.36. The molecule has 0 aliphatic rings. The predicted molar refractivity (Wildman–Crippen MR) is 121 cm³/mol. The molecule has 2 amide bonds. The molecule has 3 rings (SSSR count). The van der Waals surface area contributed by atoms with E-state index in [1.54, 1.807) is 12.1 Å². The Morgan fingerprint density at radius 1 is 0.839 bits per heavy atom. The second-order valence-corrected chi connectivity index (χ2v) is 7.46. The molecule has 0 aliphatic carbocycles. The number of amides is 2. The molecule has 0 aromatic heterocycles. The molecule has 3 aromatic carbocycles. The minimum absolute atomic E-state index is 0.129. The summed E-state index contributed by atoms with van der Waals surface area (Å²) in [7, 11) is 0. The summed E-state index contributed by atoms with van der Waals surface area (Å²) in [6.45, 7) is 5.66.